The van der Waals surface area contributed by atoms with Crippen molar-refractivity contribution >= 4 is 5.82 Å². The molecule has 16 heavy (non-hydrogen) atoms. The van der Waals surface area contributed by atoms with E-state index in [1.165, 1.54) is 5.56 Å². The molecule has 0 aliphatic heterocycles. The van der Waals surface area contributed by atoms with E-state index in [4.69, 9.17) is 4.74 Å². The van der Waals surface area contributed by atoms with Gasteiger partial charge in [0.05, 0.1) is 6.61 Å². The zero-order chi connectivity index (χ0) is 11.8. The molecule has 0 saturated carbocycles. The van der Waals surface area contributed by atoms with Crippen LogP contribution >= 0.6 is 0 Å². The zero-order valence-electron chi connectivity index (χ0n) is 10.4. The number of hydrogen-bond donors (Lipinski definition) is 1. The van der Waals surface area contributed by atoms with Gasteiger partial charge in [0.2, 0.25) is 0 Å². The SMILES string of the molecule is CCNCc1cccnc1N(C)CCOC. The summed E-state index contributed by atoms with van der Waals surface area (Å²) in [6.45, 7) is 5.50. The molecule has 4 heteroatoms. The molecule has 0 saturated heterocycles. The Balaban J connectivity index is 2.68. The van der Waals surface area contributed by atoms with Gasteiger partial charge in [0.25, 0.3) is 0 Å². The number of rotatable bonds is 7. The van der Waals surface area contributed by atoms with Crippen LogP contribution in [0.5, 0.6) is 0 Å². The van der Waals surface area contributed by atoms with Crippen molar-refractivity contribution in [1.29, 1.82) is 0 Å². The number of ether oxygens (including phenoxy) is 1. The third kappa shape index (κ3) is 3.79. The highest BCUT2D eigenvalue weighted by atomic mass is 16.5. The van der Waals surface area contributed by atoms with Gasteiger partial charge in [-0.3, -0.25) is 0 Å². The van der Waals surface area contributed by atoms with Crippen LogP contribution in [0.3, 0.4) is 0 Å². The summed E-state index contributed by atoms with van der Waals surface area (Å²) in [5, 5.41) is 3.32. The first-order valence-electron chi connectivity index (χ1n) is 5.64. The number of nitrogens with one attached hydrogen (secondary N) is 1. The summed E-state index contributed by atoms with van der Waals surface area (Å²) < 4.78 is 5.07. The molecule has 0 amide bonds. The molecule has 0 aromatic carbocycles. The zero-order valence-corrected chi connectivity index (χ0v) is 10.4. The van der Waals surface area contributed by atoms with Gasteiger partial charge in [-0.25, -0.2) is 4.98 Å². The summed E-state index contributed by atoms with van der Waals surface area (Å²) in [5.41, 5.74) is 1.22. The van der Waals surface area contributed by atoms with Crippen LogP contribution in [0.2, 0.25) is 0 Å². The molecule has 0 unspecified atom stereocenters. The van der Waals surface area contributed by atoms with E-state index in [9.17, 15) is 0 Å². The fourth-order valence-corrected chi connectivity index (χ4v) is 1.51. The number of anilines is 1. The molecular weight excluding hydrogens is 202 g/mol. The number of likely N-dealkylation sites (N-methyl/N-ethyl adjacent to an activating group) is 1. The Morgan fingerprint density at radius 3 is 3.00 bits per heavy atom. The first-order chi connectivity index (χ1) is 7.79. The van der Waals surface area contributed by atoms with E-state index in [2.05, 4.69) is 28.2 Å². The predicted octanol–water partition coefficient (Wildman–Crippen LogP) is 1.27. The minimum Gasteiger partial charge on any atom is -0.383 e. The summed E-state index contributed by atoms with van der Waals surface area (Å²) in [4.78, 5) is 6.54. The minimum atomic E-state index is 0.716. The standard InChI is InChI=1S/C12H21N3O/c1-4-13-10-11-6-5-7-14-12(11)15(2)8-9-16-3/h5-7,13H,4,8-10H2,1-3H3. The van der Waals surface area contributed by atoms with Crippen molar-refractivity contribution in [2.75, 3.05) is 38.8 Å². The average molecular weight is 223 g/mol. The molecule has 0 bridgehead atoms. The van der Waals surface area contributed by atoms with Crippen molar-refractivity contribution in [1.82, 2.24) is 10.3 Å². The smallest absolute Gasteiger partial charge is 0.132 e. The lowest BCUT2D eigenvalue weighted by Crippen LogP contribution is -2.25. The minimum absolute atomic E-state index is 0.716. The number of methoxy groups -OCH3 is 1. The predicted molar refractivity (Wildman–Crippen MR) is 66.8 cm³/mol. The monoisotopic (exact) mass is 223 g/mol. The average Bonchev–Trinajstić information content (AvgIpc) is 2.33. The fourth-order valence-electron chi connectivity index (χ4n) is 1.51. The Bertz CT molecular complexity index is 304. The normalized spacial score (nSPS) is 10.4. The van der Waals surface area contributed by atoms with Gasteiger partial charge in [0.1, 0.15) is 5.82 Å². The molecule has 90 valence electrons. The van der Waals surface area contributed by atoms with Crippen LogP contribution in [-0.4, -0.2) is 38.8 Å². The highest BCUT2D eigenvalue weighted by Crippen LogP contribution is 2.14. The molecular formula is C12H21N3O. The van der Waals surface area contributed by atoms with Gasteiger partial charge in [0.15, 0.2) is 0 Å². The lowest BCUT2D eigenvalue weighted by molar-refractivity contribution is 0.206. The molecule has 1 aromatic rings. The lowest BCUT2D eigenvalue weighted by Gasteiger charge is -2.20. The van der Waals surface area contributed by atoms with E-state index < -0.39 is 0 Å². The van der Waals surface area contributed by atoms with Crippen LogP contribution in [0.4, 0.5) is 5.82 Å². The van der Waals surface area contributed by atoms with Crippen molar-refractivity contribution in [3.05, 3.63) is 23.9 Å². The van der Waals surface area contributed by atoms with Gasteiger partial charge in [0, 0.05) is 39.0 Å². The maximum Gasteiger partial charge on any atom is 0.132 e. The van der Waals surface area contributed by atoms with Crippen molar-refractivity contribution in [2.45, 2.75) is 13.5 Å². The summed E-state index contributed by atoms with van der Waals surface area (Å²) in [5.74, 6) is 1.03. The topological polar surface area (TPSA) is 37.4 Å². The third-order valence-corrected chi connectivity index (χ3v) is 2.43. The Morgan fingerprint density at radius 1 is 1.50 bits per heavy atom. The number of nitrogens with zero attached hydrogens (tertiary/aromatic N) is 2. The van der Waals surface area contributed by atoms with E-state index in [0.717, 1.165) is 25.5 Å². The summed E-state index contributed by atoms with van der Waals surface area (Å²) in [6, 6.07) is 4.08. The highest BCUT2D eigenvalue weighted by Gasteiger charge is 2.07. The van der Waals surface area contributed by atoms with Gasteiger partial charge in [-0.1, -0.05) is 13.0 Å². The molecule has 0 radical (unpaired) electrons. The molecule has 0 aliphatic rings. The lowest BCUT2D eigenvalue weighted by atomic mass is 10.2. The first kappa shape index (κ1) is 12.9. The quantitative estimate of drug-likeness (QED) is 0.755. The van der Waals surface area contributed by atoms with Crippen molar-refractivity contribution in [3.8, 4) is 0 Å². The van der Waals surface area contributed by atoms with Crippen LogP contribution in [0.1, 0.15) is 12.5 Å². The molecule has 0 aliphatic carbocycles. The van der Waals surface area contributed by atoms with Crippen LogP contribution in [0.25, 0.3) is 0 Å². The van der Waals surface area contributed by atoms with E-state index in [1.807, 2.05) is 19.3 Å². The summed E-state index contributed by atoms with van der Waals surface area (Å²) in [7, 11) is 3.75. The molecule has 0 spiro atoms. The van der Waals surface area contributed by atoms with Crippen LogP contribution in [0, 0.1) is 0 Å². The Labute approximate surface area is 97.6 Å². The molecule has 0 fully saturated rings. The molecule has 0 atom stereocenters. The van der Waals surface area contributed by atoms with Crippen molar-refractivity contribution in [3.63, 3.8) is 0 Å². The fraction of sp³-hybridized carbons (Fsp3) is 0.583. The molecule has 1 heterocycles. The van der Waals surface area contributed by atoms with Crippen LogP contribution < -0.4 is 10.2 Å². The van der Waals surface area contributed by atoms with E-state index >= 15 is 0 Å². The van der Waals surface area contributed by atoms with E-state index in [1.54, 1.807) is 7.11 Å². The first-order valence-corrected chi connectivity index (χ1v) is 5.64. The second-order valence-corrected chi connectivity index (χ2v) is 3.68. The Morgan fingerprint density at radius 2 is 2.31 bits per heavy atom. The molecule has 1 aromatic heterocycles. The van der Waals surface area contributed by atoms with Gasteiger partial charge in [-0.2, -0.15) is 0 Å². The second-order valence-electron chi connectivity index (χ2n) is 3.68. The van der Waals surface area contributed by atoms with E-state index in [-0.39, 0.29) is 0 Å². The van der Waals surface area contributed by atoms with Gasteiger partial charge in [-0.05, 0) is 12.6 Å². The largest absolute Gasteiger partial charge is 0.383 e. The number of hydrogen-bond acceptors (Lipinski definition) is 4. The second kappa shape index (κ2) is 7.19. The number of aromatic nitrogens is 1. The van der Waals surface area contributed by atoms with Crippen molar-refractivity contribution in [2.24, 2.45) is 0 Å². The Kier molecular flexibility index (Phi) is 5.82. The van der Waals surface area contributed by atoms with Crippen LogP contribution in [-0.2, 0) is 11.3 Å². The summed E-state index contributed by atoms with van der Waals surface area (Å²) >= 11 is 0. The summed E-state index contributed by atoms with van der Waals surface area (Å²) in [6.07, 6.45) is 1.83. The third-order valence-electron chi connectivity index (χ3n) is 2.43. The maximum absolute atomic E-state index is 5.07. The van der Waals surface area contributed by atoms with E-state index in [0.29, 0.717) is 6.61 Å². The number of pyridine rings is 1. The van der Waals surface area contributed by atoms with Crippen molar-refractivity contribution < 1.29 is 4.74 Å². The molecule has 1 N–H and O–H groups in total. The van der Waals surface area contributed by atoms with Gasteiger partial charge >= 0.3 is 0 Å². The van der Waals surface area contributed by atoms with Gasteiger partial charge < -0.3 is 15.0 Å². The highest BCUT2D eigenvalue weighted by molar-refractivity contribution is 5.45. The Hall–Kier alpha value is -1.13. The molecule has 4 nitrogen and oxygen atoms in total. The van der Waals surface area contributed by atoms with Crippen LogP contribution in [0.15, 0.2) is 18.3 Å². The maximum atomic E-state index is 5.07. The van der Waals surface area contributed by atoms with Gasteiger partial charge in [-0.15, -0.1) is 0 Å². The molecule has 1 rings (SSSR count).